The van der Waals surface area contributed by atoms with Crippen molar-refractivity contribution in [3.05, 3.63) is 82.5 Å². The van der Waals surface area contributed by atoms with Gasteiger partial charge in [-0.25, -0.2) is 0 Å². The molecular weight excluding hydrogens is 228 g/mol. The van der Waals surface area contributed by atoms with E-state index in [1.54, 1.807) is 0 Å². The Kier molecular flexibility index (Phi) is 2.17. The van der Waals surface area contributed by atoms with Crippen LogP contribution in [-0.2, 0) is 0 Å². The Balaban J connectivity index is 1.99. The van der Waals surface area contributed by atoms with E-state index >= 15 is 0 Å². The summed E-state index contributed by atoms with van der Waals surface area (Å²) in [5, 5.41) is 0. The van der Waals surface area contributed by atoms with Crippen molar-refractivity contribution in [3.63, 3.8) is 0 Å². The lowest BCUT2D eigenvalue weighted by Crippen LogP contribution is -2.29. The van der Waals surface area contributed by atoms with Crippen LogP contribution in [0.1, 0.15) is 6.92 Å². The maximum Gasteiger partial charge on any atom is 0.0283 e. The Bertz CT molecular complexity index is 731. The molecule has 19 heavy (non-hydrogen) atoms. The molecule has 0 amide bonds. The molecule has 2 atom stereocenters. The summed E-state index contributed by atoms with van der Waals surface area (Å²) in [6, 6.07) is 0. The third-order valence-corrected chi connectivity index (χ3v) is 4.26. The van der Waals surface area contributed by atoms with Crippen LogP contribution in [0.5, 0.6) is 0 Å². The molecule has 4 aliphatic rings. The Morgan fingerprint density at radius 1 is 0.789 bits per heavy atom. The fourth-order valence-corrected chi connectivity index (χ4v) is 3.45. The number of rotatable bonds is 0. The van der Waals surface area contributed by atoms with E-state index in [2.05, 4.69) is 66.5 Å². The summed E-state index contributed by atoms with van der Waals surface area (Å²) >= 11 is 0. The highest BCUT2D eigenvalue weighted by Crippen LogP contribution is 2.49. The maximum atomic E-state index is 3.25. The standard InChI is InChI=1S/C19H14/c1-2-4-13-7-8-16-10-9-14-5-3-6-15-11-12-17(13)19(16)18(14)15/h3,5-12,18-19H,1H3. The van der Waals surface area contributed by atoms with E-state index in [4.69, 9.17) is 0 Å². The number of allylic oxidation sites excluding steroid dienone is 14. The third-order valence-electron chi connectivity index (χ3n) is 4.26. The van der Waals surface area contributed by atoms with Gasteiger partial charge in [-0.15, -0.1) is 5.92 Å². The molecule has 90 valence electrons. The first-order chi connectivity index (χ1) is 9.38. The van der Waals surface area contributed by atoms with E-state index in [9.17, 15) is 0 Å². The lowest BCUT2D eigenvalue weighted by Gasteiger charge is -2.39. The minimum atomic E-state index is 0.460. The molecule has 0 aromatic heterocycles. The first kappa shape index (κ1) is 10.6. The normalized spacial score (nSPS) is 29.0. The third kappa shape index (κ3) is 1.42. The highest BCUT2D eigenvalue weighted by Gasteiger charge is 2.37. The predicted molar refractivity (Wildman–Crippen MR) is 79.1 cm³/mol. The molecule has 0 nitrogen and oxygen atoms in total. The molecule has 4 aliphatic carbocycles. The monoisotopic (exact) mass is 242 g/mol. The van der Waals surface area contributed by atoms with Gasteiger partial charge in [0.15, 0.2) is 0 Å². The zero-order valence-electron chi connectivity index (χ0n) is 10.9. The SMILES string of the molecule is CC#CC1=C2C=CC3=CC=CC4=CC=C(C=C1)C2C34. The fraction of sp³-hybridized carbons (Fsp3) is 0.158. The second-order valence-corrected chi connectivity index (χ2v) is 5.23. The van der Waals surface area contributed by atoms with Crippen LogP contribution in [0.3, 0.4) is 0 Å². The molecule has 0 bridgehead atoms. The first-order valence-corrected chi connectivity index (χ1v) is 6.71. The lowest BCUT2D eigenvalue weighted by atomic mass is 9.63. The topological polar surface area (TPSA) is 0 Å². The van der Waals surface area contributed by atoms with Crippen molar-refractivity contribution in [1.29, 1.82) is 0 Å². The molecule has 0 saturated heterocycles. The van der Waals surface area contributed by atoms with Crippen LogP contribution in [-0.4, -0.2) is 0 Å². The van der Waals surface area contributed by atoms with Gasteiger partial charge in [0, 0.05) is 17.4 Å². The highest BCUT2D eigenvalue weighted by molar-refractivity contribution is 5.64. The number of hydrogen-bond acceptors (Lipinski definition) is 0. The van der Waals surface area contributed by atoms with Crippen LogP contribution < -0.4 is 0 Å². The average Bonchev–Trinajstić information content (AvgIpc) is 2.46. The van der Waals surface area contributed by atoms with Crippen LogP contribution in [0.4, 0.5) is 0 Å². The molecule has 0 saturated carbocycles. The summed E-state index contributed by atoms with van der Waals surface area (Å²) in [6.07, 6.45) is 20.1. The van der Waals surface area contributed by atoms with E-state index in [0.717, 1.165) is 0 Å². The summed E-state index contributed by atoms with van der Waals surface area (Å²) < 4.78 is 0. The molecule has 4 rings (SSSR count). The molecule has 0 heteroatoms. The molecule has 0 aliphatic heterocycles. The summed E-state index contributed by atoms with van der Waals surface area (Å²) in [7, 11) is 0. The molecule has 0 heterocycles. The van der Waals surface area contributed by atoms with Crippen molar-refractivity contribution < 1.29 is 0 Å². The molecule has 0 radical (unpaired) electrons. The molecular formula is C19H14. The predicted octanol–water partition coefficient (Wildman–Crippen LogP) is 4.04. The summed E-state index contributed by atoms with van der Waals surface area (Å²) in [4.78, 5) is 0. The molecule has 0 N–H and O–H groups in total. The van der Waals surface area contributed by atoms with E-state index in [1.807, 2.05) is 6.92 Å². The average molecular weight is 242 g/mol. The van der Waals surface area contributed by atoms with E-state index in [0.29, 0.717) is 11.8 Å². The Labute approximate surface area is 113 Å². The summed E-state index contributed by atoms with van der Waals surface area (Å²) in [6.45, 7) is 1.90. The van der Waals surface area contributed by atoms with Crippen molar-refractivity contribution in [1.82, 2.24) is 0 Å². The van der Waals surface area contributed by atoms with Crippen molar-refractivity contribution in [2.24, 2.45) is 11.8 Å². The van der Waals surface area contributed by atoms with Crippen molar-refractivity contribution in [2.45, 2.75) is 6.92 Å². The smallest absolute Gasteiger partial charge is 0.0283 e. The Morgan fingerprint density at radius 3 is 2.37 bits per heavy atom. The van der Waals surface area contributed by atoms with Gasteiger partial charge in [-0.3, -0.25) is 0 Å². The van der Waals surface area contributed by atoms with Crippen LogP contribution in [0.25, 0.3) is 0 Å². The first-order valence-electron chi connectivity index (χ1n) is 6.71. The molecule has 0 spiro atoms. The second kappa shape index (κ2) is 3.87. The van der Waals surface area contributed by atoms with Gasteiger partial charge in [0.1, 0.15) is 0 Å². The zero-order chi connectivity index (χ0) is 12.8. The number of hydrogen-bond donors (Lipinski definition) is 0. The summed E-state index contributed by atoms with van der Waals surface area (Å²) in [5.74, 6) is 7.23. The fourth-order valence-electron chi connectivity index (χ4n) is 3.45. The van der Waals surface area contributed by atoms with Crippen molar-refractivity contribution in [3.8, 4) is 11.8 Å². The molecule has 0 aromatic carbocycles. The summed E-state index contributed by atoms with van der Waals surface area (Å²) in [5.41, 5.74) is 6.82. The van der Waals surface area contributed by atoms with Gasteiger partial charge in [-0.05, 0) is 35.3 Å². The lowest BCUT2D eigenvalue weighted by molar-refractivity contribution is 0.562. The van der Waals surface area contributed by atoms with Crippen LogP contribution in [0, 0.1) is 23.7 Å². The Hall–Kier alpha value is -2.26. The van der Waals surface area contributed by atoms with Crippen LogP contribution in [0.2, 0.25) is 0 Å². The molecule has 0 fully saturated rings. The van der Waals surface area contributed by atoms with Gasteiger partial charge >= 0.3 is 0 Å². The van der Waals surface area contributed by atoms with E-state index in [1.165, 1.54) is 27.9 Å². The van der Waals surface area contributed by atoms with Crippen molar-refractivity contribution >= 4 is 0 Å². The van der Waals surface area contributed by atoms with Crippen LogP contribution in [0.15, 0.2) is 82.5 Å². The van der Waals surface area contributed by atoms with Gasteiger partial charge in [-0.1, -0.05) is 54.5 Å². The van der Waals surface area contributed by atoms with Crippen molar-refractivity contribution in [2.75, 3.05) is 0 Å². The van der Waals surface area contributed by atoms with Gasteiger partial charge in [0.05, 0.1) is 0 Å². The minimum absolute atomic E-state index is 0.460. The molecule has 0 aromatic rings. The zero-order valence-corrected chi connectivity index (χ0v) is 10.9. The molecule has 2 unspecified atom stereocenters. The maximum absolute atomic E-state index is 3.25. The quantitative estimate of drug-likeness (QED) is 0.562. The van der Waals surface area contributed by atoms with Gasteiger partial charge in [-0.2, -0.15) is 0 Å². The van der Waals surface area contributed by atoms with Gasteiger partial charge in [0.25, 0.3) is 0 Å². The van der Waals surface area contributed by atoms with Gasteiger partial charge < -0.3 is 0 Å². The Morgan fingerprint density at radius 2 is 1.53 bits per heavy atom. The van der Waals surface area contributed by atoms with Crippen LogP contribution >= 0.6 is 0 Å². The largest absolute Gasteiger partial charge is 0.101 e. The minimum Gasteiger partial charge on any atom is -0.101 e. The highest BCUT2D eigenvalue weighted by atomic mass is 14.4. The van der Waals surface area contributed by atoms with E-state index in [-0.39, 0.29) is 0 Å². The van der Waals surface area contributed by atoms with E-state index < -0.39 is 0 Å². The van der Waals surface area contributed by atoms with Gasteiger partial charge in [0.2, 0.25) is 0 Å². The second-order valence-electron chi connectivity index (χ2n) is 5.23.